The molecule has 0 spiro atoms. The minimum atomic E-state index is -0.784. The Labute approximate surface area is 175 Å². The molecule has 1 unspecified atom stereocenters. The van der Waals surface area contributed by atoms with Crippen molar-refractivity contribution in [2.75, 3.05) is 6.54 Å². The highest BCUT2D eigenvalue weighted by molar-refractivity contribution is 5.73. The van der Waals surface area contributed by atoms with Crippen LogP contribution in [0.4, 0.5) is 0 Å². The van der Waals surface area contributed by atoms with Crippen LogP contribution in [0.5, 0.6) is 5.75 Å². The molecule has 6 nitrogen and oxygen atoms in total. The number of benzene rings is 2. The van der Waals surface area contributed by atoms with Gasteiger partial charge in [0.1, 0.15) is 29.9 Å². The first kappa shape index (κ1) is 20.2. The quantitative estimate of drug-likeness (QED) is 0.613. The number of carbonyl (C=O) groups is 1. The van der Waals surface area contributed by atoms with Crippen molar-refractivity contribution >= 4 is 5.97 Å². The lowest BCUT2D eigenvalue weighted by Crippen LogP contribution is -2.29. The third-order valence-electron chi connectivity index (χ3n) is 5.56. The summed E-state index contributed by atoms with van der Waals surface area (Å²) in [5.41, 5.74) is 3.98. The molecule has 1 fully saturated rings. The highest BCUT2D eigenvalue weighted by atomic mass is 16.5. The minimum absolute atomic E-state index is 0.276. The summed E-state index contributed by atoms with van der Waals surface area (Å²) in [6, 6.07) is 15.5. The Bertz CT molecular complexity index is 1030. The van der Waals surface area contributed by atoms with Gasteiger partial charge in [-0.1, -0.05) is 35.9 Å². The highest BCUT2D eigenvalue weighted by Crippen LogP contribution is 2.27. The van der Waals surface area contributed by atoms with Crippen molar-refractivity contribution in [3.05, 3.63) is 71.1 Å². The summed E-state index contributed by atoms with van der Waals surface area (Å²) < 4.78 is 11.9. The fourth-order valence-corrected chi connectivity index (χ4v) is 3.80. The van der Waals surface area contributed by atoms with Gasteiger partial charge in [-0.3, -0.25) is 4.79 Å². The van der Waals surface area contributed by atoms with Gasteiger partial charge in [-0.25, -0.2) is 4.98 Å². The van der Waals surface area contributed by atoms with E-state index in [2.05, 4.69) is 10.3 Å². The number of para-hydroxylation sites is 1. The van der Waals surface area contributed by atoms with Crippen LogP contribution < -0.4 is 10.1 Å². The molecule has 1 aliphatic heterocycles. The van der Waals surface area contributed by atoms with Gasteiger partial charge in [0.25, 0.3) is 0 Å². The van der Waals surface area contributed by atoms with Crippen molar-refractivity contribution in [1.82, 2.24) is 10.3 Å². The van der Waals surface area contributed by atoms with E-state index >= 15 is 0 Å². The molecule has 1 saturated heterocycles. The molecular formula is C24H26N2O4. The van der Waals surface area contributed by atoms with E-state index in [-0.39, 0.29) is 5.92 Å². The molecule has 2 N–H and O–H groups in total. The molecule has 4 rings (SSSR count). The Balaban J connectivity index is 1.43. The van der Waals surface area contributed by atoms with Crippen molar-refractivity contribution in [2.24, 2.45) is 5.92 Å². The monoisotopic (exact) mass is 406 g/mol. The number of nitrogens with one attached hydrogen (secondary N) is 1. The molecule has 156 valence electrons. The van der Waals surface area contributed by atoms with Gasteiger partial charge in [0.05, 0.1) is 0 Å². The number of nitrogens with zero attached hydrogens (tertiary/aromatic N) is 1. The average Bonchev–Trinajstić information content (AvgIpc) is 3.35. The zero-order chi connectivity index (χ0) is 21.1. The van der Waals surface area contributed by atoms with Gasteiger partial charge in [0, 0.05) is 5.56 Å². The molecule has 2 atom stereocenters. The second kappa shape index (κ2) is 8.71. The Morgan fingerprint density at radius 1 is 1.20 bits per heavy atom. The van der Waals surface area contributed by atoms with Crippen LogP contribution in [0.3, 0.4) is 0 Å². The van der Waals surface area contributed by atoms with Crippen LogP contribution in [0.2, 0.25) is 0 Å². The van der Waals surface area contributed by atoms with E-state index in [9.17, 15) is 9.90 Å². The topological polar surface area (TPSA) is 84.6 Å². The smallest absolute Gasteiger partial charge is 0.320 e. The number of aromatic nitrogens is 1. The summed E-state index contributed by atoms with van der Waals surface area (Å²) in [4.78, 5) is 15.8. The van der Waals surface area contributed by atoms with E-state index in [0.29, 0.717) is 25.5 Å². The molecule has 3 aromatic rings. The number of aryl methyl sites for hydroxylation is 2. The van der Waals surface area contributed by atoms with Crippen molar-refractivity contribution in [1.29, 1.82) is 0 Å². The van der Waals surface area contributed by atoms with E-state index in [1.54, 1.807) is 0 Å². The molecule has 2 aromatic carbocycles. The Hall–Kier alpha value is -3.12. The summed E-state index contributed by atoms with van der Waals surface area (Å²) in [7, 11) is 0. The molecule has 1 aromatic heterocycles. The standard InChI is InChI=1S/C24H26N2O4/c1-15-7-9-18(10-8-15)23-26-21(16(2)30-23)14-29-22-6-4-3-5-19(22)11-17-12-20(24(27)28)25-13-17/h3-10,17,20,25H,11-14H2,1-2H3,(H,27,28)/t17?,20-/m0/s1. The molecule has 0 bridgehead atoms. The fraction of sp³-hybridized carbons (Fsp3) is 0.333. The van der Waals surface area contributed by atoms with Gasteiger partial charge in [-0.15, -0.1) is 0 Å². The van der Waals surface area contributed by atoms with Crippen molar-refractivity contribution in [3.63, 3.8) is 0 Å². The van der Waals surface area contributed by atoms with E-state index in [4.69, 9.17) is 9.15 Å². The normalized spacial score (nSPS) is 18.5. The lowest BCUT2D eigenvalue weighted by atomic mass is 9.96. The van der Waals surface area contributed by atoms with Crippen LogP contribution in [0.15, 0.2) is 52.9 Å². The van der Waals surface area contributed by atoms with Gasteiger partial charge < -0.3 is 19.6 Å². The third kappa shape index (κ3) is 4.54. The van der Waals surface area contributed by atoms with Gasteiger partial charge in [-0.2, -0.15) is 0 Å². The molecule has 2 heterocycles. The summed E-state index contributed by atoms with van der Waals surface area (Å²) in [5.74, 6) is 1.63. The third-order valence-corrected chi connectivity index (χ3v) is 5.56. The number of oxazole rings is 1. The van der Waals surface area contributed by atoms with E-state index in [1.807, 2.05) is 62.4 Å². The molecule has 30 heavy (non-hydrogen) atoms. The van der Waals surface area contributed by atoms with Crippen LogP contribution in [0.25, 0.3) is 11.5 Å². The Morgan fingerprint density at radius 3 is 2.70 bits per heavy atom. The van der Waals surface area contributed by atoms with Gasteiger partial charge in [-0.05, 0) is 62.9 Å². The summed E-state index contributed by atoms with van der Waals surface area (Å²) in [6.07, 6.45) is 1.41. The SMILES string of the molecule is Cc1ccc(-c2nc(COc3ccccc3CC3CN[C@H](C(=O)O)C3)c(C)o2)cc1. The number of hydrogen-bond acceptors (Lipinski definition) is 5. The van der Waals surface area contributed by atoms with Gasteiger partial charge in [0.2, 0.25) is 5.89 Å². The number of carboxylic acid groups (broad SMARTS) is 1. The number of rotatable bonds is 7. The fourth-order valence-electron chi connectivity index (χ4n) is 3.80. The second-order valence-corrected chi connectivity index (χ2v) is 7.89. The van der Waals surface area contributed by atoms with E-state index in [0.717, 1.165) is 34.8 Å². The molecule has 0 saturated carbocycles. The molecule has 0 radical (unpaired) electrons. The zero-order valence-electron chi connectivity index (χ0n) is 17.2. The maximum absolute atomic E-state index is 11.2. The van der Waals surface area contributed by atoms with Gasteiger partial charge in [0.15, 0.2) is 0 Å². The number of hydrogen-bond donors (Lipinski definition) is 2. The van der Waals surface area contributed by atoms with Crippen LogP contribution in [0, 0.1) is 19.8 Å². The van der Waals surface area contributed by atoms with Crippen LogP contribution >= 0.6 is 0 Å². The summed E-state index contributed by atoms with van der Waals surface area (Å²) in [5, 5.41) is 12.3. The number of carboxylic acids is 1. The van der Waals surface area contributed by atoms with Crippen LogP contribution in [-0.2, 0) is 17.8 Å². The molecule has 0 aliphatic carbocycles. The van der Waals surface area contributed by atoms with E-state index < -0.39 is 12.0 Å². The maximum Gasteiger partial charge on any atom is 0.320 e. The molecule has 0 amide bonds. The first-order chi connectivity index (χ1) is 14.5. The number of ether oxygens (including phenoxy) is 1. The summed E-state index contributed by atoms with van der Waals surface area (Å²) in [6.45, 7) is 4.96. The largest absolute Gasteiger partial charge is 0.487 e. The maximum atomic E-state index is 11.2. The Morgan fingerprint density at radius 2 is 1.97 bits per heavy atom. The zero-order valence-corrected chi connectivity index (χ0v) is 17.2. The summed E-state index contributed by atoms with van der Waals surface area (Å²) >= 11 is 0. The lowest BCUT2D eigenvalue weighted by molar-refractivity contribution is -0.139. The number of aliphatic carboxylic acids is 1. The van der Waals surface area contributed by atoms with Gasteiger partial charge >= 0.3 is 5.97 Å². The van der Waals surface area contributed by atoms with Crippen LogP contribution in [0.1, 0.15) is 29.0 Å². The molecule has 6 heteroatoms. The first-order valence-corrected chi connectivity index (χ1v) is 10.2. The van der Waals surface area contributed by atoms with E-state index in [1.165, 1.54) is 5.56 Å². The predicted molar refractivity (Wildman–Crippen MR) is 113 cm³/mol. The lowest BCUT2D eigenvalue weighted by Gasteiger charge is -2.14. The highest BCUT2D eigenvalue weighted by Gasteiger charge is 2.29. The molecular weight excluding hydrogens is 380 g/mol. The molecule has 1 aliphatic rings. The van der Waals surface area contributed by atoms with Crippen LogP contribution in [-0.4, -0.2) is 28.6 Å². The van der Waals surface area contributed by atoms with Crippen molar-refractivity contribution in [2.45, 2.75) is 39.3 Å². The first-order valence-electron chi connectivity index (χ1n) is 10.2. The van der Waals surface area contributed by atoms with Crippen molar-refractivity contribution < 1.29 is 19.1 Å². The predicted octanol–water partition coefficient (Wildman–Crippen LogP) is 4.14. The Kier molecular flexibility index (Phi) is 5.86. The minimum Gasteiger partial charge on any atom is -0.487 e. The van der Waals surface area contributed by atoms with Crippen molar-refractivity contribution in [3.8, 4) is 17.2 Å². The average molecular weight is 406 g/mol. The second-order valence-electron chi connectivity index (χ2n) is 7.89.